The minimum absolute atomic E-state index is 0.0121. The van der Waals surface area contributed by atoms with Gasteiger partial charge in [-0.1, -0.05) is 61.5 Å². The molecule has 5 aliphatic carbocycles. The van der Waals surface area contributed by atoms with Gasteiger partial charge in [0.05, 0.1) is 18.6 Å². The van der Waals surface area contributed by atoms with Crippen molar-refractivity contribution in [2.75, 3.05) is 18.5 Å². The number of amides is 1. The number of rotatable bonds is 17. The summed E-state index contributed by atoms with van der Waals surface area (Å²) in [5, 5.41) is 6.66. The van der Waals surface area contributed by atoms with Crippen molar-refractivity contribution in [3.63, 3.8) is 0 Å². The number of carbonyl (C=O) groups excluding carboxylic acids is 2. The third kappa shape index (κ3) is 10.3. The van der Waals surface area contributed by atoms with Gasteiger partial charge in [-0.3, -0.25) is 13.8 Å². The Labute approximate surface area is 396 Å². The topological polar surface area (TPSA) is 137 Å². The van der Waals surface area contributed by atoms with Gasteiger partial charge in [-0.15, -0.1) is 0 Å². The van der Waals surface area contributed by atoms with Gasteiger partial charge in [0.15, 0.2) is 11.9 Å². The maximum Gasteiger partial charge on any atom is 0.447 e. The normalized spacial score (nSPS) is 27.6. The summed E-state index contributed by atoms with van der Waals surface area (Å²) in [5.74, 6) is -4.22. The molecule has 5 unspecified atom stereocenters. The number of phenols is 1. The highest BCUT2D eigenvalue weighted by Crippen LogP contribution is 2.60. The number of benzene rings is 3. The Balaban J connectivity index is 0.957. The van der Waals surface area contributed by atoms with Crippen molar-refractivity contribution in [2.24, 2.45) is 35.0 Å². The van der Waals surface area contributed by atoms with E-state index in [4.69, 9.17) is 14.2 Å². The number of halogens is 5. The van der Waals surface area contributed by atoms with Crippen LogP contribution in [0.5, 0.6) is 5.75 Å². The minimum atomic E-state index is -6.50. The lowest BCUT2D eigenvalue weighted by Gasteiger charge is -2.59. The highest BCUT2D eigenvalue weighted by atomic mass is 32.2. The zero-order valence-corrected chi connectivity index (χ0v) is 39.9. The molecular weight excluding hydrogens is 910 g/mol. The number of anilines is 1. The molecular formula is C52H64F5NO9S. The van der Waals surface area contributed by atoms with E-state index in [0.717, 1.165) is 54.2 Å². The van der Waals surface area contributed by atoms with E-state index in [0.29, 0.717) is 37.5 Å². The molecule has 16 heteroatoms. The maximum absolute atomic E-state index is 15.4. The fourth-order valence-electron chi connectivity index (χ4n) is 12.5. The smallest absolute Gasteiger partial charge is 0.447 e. The molecule has 3 aromatic rings. The van der Waals surface area contributed by atoms with Crippen LogP contribution in [-0.4, -0.2) is 67.5 Å². The van der Waals surface area contributed by atoms with Gasteiger partial charge in [-0.25, -0.2) is 0 Å². The fourth-order valence-corrected chi connectivity index (χ4v) is 13.4. The van der Waals surface area contributed by atoms with Crippen LogP contribution in [0.25, 0.3) is 0 Å². The van der Waals surface area contributed by atoms with E-state index in [1.807, 2.05) is 56.4 Å². The van der Waals surface area contributed by atoms with Crippen molar-refractivity contribution in [2.45, 2.75) is 151 Å². The van der Waals surface area contributed by atoms with E-state index in [9.17, 15) is 36.3 Å². The Morgan fingerprint density at radius 1 is 0.794 bits per heavy atom. The summed E-state index contributed by atoms with van der Waals surface area (Å²) in [6.07, 6.45) is -0.933. The predicted molar refractivity (Wildman–Crippen MR) is 244 cm³/mol. The number of carbonyl (C=O) groups is 2. The standard InChI is InChI=1S/C52H64F5NO9S/c1-32(35-13-17-42(18-14-35)58-46(60)52(56,57)68(62,63)67-45(51(53,54)55)44-12-8-21-50(44)64-22-9-23-65-50)24-38(37-15-19-43(59)20-16-37)30-39(36-10-6-5-7-11-36)31-48(2,3)47(61)66-49(4)40-26-33-25-34(28-40)29-41(49)27-33/h5-7,10-11,13-20,32-34,38-41,44-45,59H,8-9,12,21-31H2,1-4H3,(H,58,60). The van der Waals surface area contributed by atoms with Crippen LogP contribution in [0.1, 0.15) is 139 Å². The van der Waals surface area contributed by atoms with Gasteiger partial charge in [0.1, 0.15) is 11.4 Å². The molecule has 1 saturated heterocycles. The second kappa shape index (κ2) is 19.2. The quantitative estimate of drug-likeness (QED) is 0.0769. The van der Waals surface area contributed by atoms with Crippen molar-refractivity contribution in [1.82, 2.24) is 0 Å². The van der Waals surface area contributed by atoms with Crippen LogP contribution < -0.4 is 5.32 Å². The summed E-state index contributed by atoms with van der Waals surface area (Å²) >= 11 is 0. The number of hydrogen-bond donors (Lipinski definition) is 2. The van der Waals surface area contributed by atoms with Gasteiger partial charge >= 0.3 is 33.4 Å². The molecule has 4 bridgehead atoms. The van der Waals surface area contributed by atoms with E-state index < -0.39 is 56.3 Å². The summed E-state index contributed by atoms with van der Waals surface area (Å²) in [7, 11) is -6.50. The average molecular weight is 974 g/mol. The highest BCUT2D eigenvalue weighted by molar-refractivity contribution is 7.88. The Bertz CT molecular complexity index is 2330. The summed E-state index contributed by atoms with van der Waals surface area (Å²) in [4.78, 5) is 27.3. The molecule has 10 nitrogen and oxygen atoms in total. The van der Waals surface area contributed by atoms with Gasteiger partial charge in [-0.2, -0.15) is 30.4 Å². The molecule has 0 radical (unpaired) electrons. The van der Waals surface area contributed by atoms with Gasteiger partial charge in [0, 0.05) is 18.0 Å². The average Bonchev–Trinajstić information content (AvgIpc) is 3.68. The second-order valence-electron chi connectivity index (χ2n) is 21.2. The Morgan fingerprint density at radius 2 is 1.37 bits per heavy atom. The van der Waals surface area contributed by atoms with E-state index in [2.05, 4.69) is 23.2 Å². The molecule has 1 spiro atoms. The first-order valence-electron chi connectivity index (χ1n) is 24.1. The Hall–Kier alpha value is -4.12. The number of aromatic hydroxyl groups is 1. The van der Waals surface area contributed by atoms with Crippen molar-refractivity contribution >= 4 is 27.7 Å². The van der Waals surface area contributed by atoms with E-state index >= 15 is 8.78 Å². The first-order valence-corrected chi connectivity index (χ1v) is 25.5. The first-order chi connectivity index (χ1) is 32.0. The number of phenolic OH excluding ortho intramolecular Hbond substituents is 1. The molecule has 2 N–H and O–H groups in total. The van der Waals surface area contributed by atoms with Crippen LogP contribution in [-0.2, 0) is 38.1 Å². The molecule has 3 aromatic carbocycles. The molecule has 6 aliphatic rings. The van der Waals surface area contributed by atoms with Crippen molar-refractivity contribution < 1.29 is 63.5 Å². The third-order valence-electron chi connectivity index (χ3n) is 16.0. The zero-order chi connectivity index (χ0) is 48.9. The molecule has 1 amide bonds. The maximum atomic E-state index is 15.4. The molecule has 1 aliphatic heterocycles. The van der Waals surface area contributed by atoms with E-state index in [1.54, 1.807) is 24.3 Å². The summed E-state index contributed by atoms with van der Waals surface area (Å²) in [6, 6.07) is 22.9. The van der Waals surface area contributed by atoms with Crippen LogP contribution in [0.3, 0.4) is 0 Å². The summed E-state index contributed by atoms with van der Waals surface area (Å²) < 4.78 is 122. The van der Waals surface area contributed by atoms with Crippen molar-refractivity contribution in [1.29, 1.82) is 0 Å². The van der Waals surface area contributed by atoms with Crippen LogP contribution in [0, 0.1) is 35.0 Å². The molecule has 0 aromatic heterocycles. The van der Waals surface area contributed by atoms with Crippen molar-refractivity contribution in [3.05, 3.63) is 95.6 Å². The minimum Gasteiger partial charge on any atom is -0.508 e. The number of nitrogens with one attached hydrogen (secondary N) is 1. The summed E-state index contributed by atoms with van der Waals surface area (Å²) in [5.41, 5.74) is 1.26. The predicted octanol–water partition coefficient (Wildman–Crippen LogP) is 11.8. The van der Waals surface area contributed by atoms with Gasteiger partial charge in [-0.05, 0) is 174 Å². The summed E-state index contributed by atoms with van der Waals surface area (Å²) in [6.45, 7) is 8.15. The van der Waals surface area contributed by atoms with E-state index in [-0.39, 0.29) is 67.6 Å². The molecule has 68 heavy (non-hydrogen) atoms. The fraction of sp³-hybridized carbons (Fsp3) is 0.615. The molecule has 5 atom stereocenters. The first kappa shape index (κ1) is 50.3. The van der Waals surface area contributed by atoms with Crippen LogP contribution in [0.2, 0.25) is 0 Å². The number of esters is 1. The Morgan fingerprint density at radius 3 is 1.96 bits per heavy atom. The monoisotopic (exact) mass is 973 g/mol. The second-order valence-corrected chi connectivity index (χ2v) is 22.8. The molecule has 9 rings (SSSR count). The zero-order valence-electron chi connectivity index (χ0n) is 39.1. The lowest BCUT2D eigenvalue weighted by molar-refractivity contribution is -0.317. The molecule has 6 fully saturated rings. The number of alkyl halides is 5. The third-order valence-corrected chi connectivity index (χ3v) is 17.3. The molecule has 1 heterocycles. The lowest BCUT2D eigenvalue weighted by Crippen LogP contribution is -2.58. The number of hydrogen-bond acceptors (Lipinski definition) is 9. The van der Waals surface area contributed by atoms with Gasteiger partial charge < -0.3 is 24.6 Å². The lowest BCUT2D eigenvalue weighted by atomic mass is 9.50. The van der Waals surface area contributed by atoms with E-state index in [1.165, 1.54) is 18.6 Å². The number of ether oxygens (including phenoxy) is 3. The van der Waals surface area contributed by atoms with Crippen LogP contribution in [0.15, 0.2) is 78.9 Å². The molecule has 5 saturated carbocycles. The molecule has 372 valence electrons. The Kier molecular flexibility index (Phi) is 14.2. The van der Waals surface area contributed by atoms with Crippen LogP contribution >= 0.6 is 0 Å². The highest BCUT2D eigenvalue weighted by Gasteiger charge is 2.64. The van der Waals surface area contributed by atoms with Crippen molar-refractivity contribution in [3.8, 4) is 5.75 Å². The largest absolute Gasteiger partial charge is 0.508 e. The van der Waals surface area contributed by atoms with Crippen LogP contribution in [0.4, 0.5) is 27.6 Å². The van der Waals surface area contributed by atoms with Gasteiger partial charge in [0.2, 0.25) is 0 Å². The SMILES string of the molecule is CC(CC(CC(CC(C)(C)C(=O)OC1(C)C2CC3CC(C2)CC1C3)c1ccccc1)c1ccc(O)cc1)c1ccc(NC(=O)C(F)(F)S(=O)(=O)OC(C2CCCC23OCCCO3)C(F)(F)F)cc1. The van der Waals surface area contributed by atoms with Gasteiger partial charge in [0.25, 0.3) is 0 Å².